The molecule has 0 fully saturated rings. The Balaban J connectivity index is 4.29. The summed E-state index contributed by atoms with van der Waals surface area (Å²) in [6, 6.07) is 0. The molecule has 0 aromatic heterocycles. The zero-order chi connectivity index (χ0) is 40.5. The Morgan fingerprint density at radius 2 is 0.691 bits per heavy atom. The topological polar surface area (TPSA) is 78.9 Å². The van der Waals surface area contributed by atoms with Crippen LogP contribution in [0.3, 0.4) is 0 Å². The number of hydrogen-bond donors (Lipinski definition) is 0. The predicted molar refractivity (Wildman–Crippen MR) is 233 cm³/mol. The van der Waals surface area contributed by atoms with E-state index < -0.39 is 6.10 Å². The summed E-state index contributed by atoms with van der Waals surface area (Å²) in [6.07, 6.45) is 41.0. The van der Waals surface area contributed by atoms with Crippen LogP contribution in [0.15, 0.2) is 0 Å². The van der Waals surface area contributed by atoms with Gasteiger partial charge in [0.25, 0.3) is 0 Å². The smallest absolute Gasteiger partial charge is 0.306 e. The second-order valence-electron chi connectivity index (χ2n) is 17.5. The van der Waals surface area contributed by atoms with Gasteiger partial charge in [-0.3, -0.25) is 14.4 Å². The Hall–Kier alpha value is -1.59. The molecule has 0 aliphatic rings. The van der Waals surface area contributed by atoms with Crippen molar-refractivity contribution < 1.29 is 28.6 Å². The van der Waals surface area contributed by atoms with E-state index in [1.807, 2.05) is 0 Å². The van der Waals surface area contributed by atoms with Gasteiger partial charge in [-0.05, 0) is 31.1 Å². The fourth-order valence-electron chi connectivity index (χ4n) is 7.25. The molecule has 0 aliphatic carbocycles. The monoisotopic (exact) mass is 779 g/mol. The van der Waals surface area contributed by atoms with Crippen LogP contribution in [0.2, 0.25) is 0 Å². The van der Waals surface area contributed by atoms with Crippen molar-refractivity contribution in [3.8, 4) is 0 Å². The van der Waals surface area contributed by atoms with Gasteiger partial charge in [0.15, 0.2) is 6.10 Å². The lowest BCUT2D eigenvalue weighted by Gasteiger charge is -2.18. The Morgan fingerprint density at radius 3 is 1.04 bits per heavy atom. The largest absolute Gasteiger partial charge is 0.462 e. The third-order valence-corrected chi connectivity index (χ3v) is 11.3. The van der Waals surface area contributed by atoms with Crippen LogP contribution in [0, 0.1) is 11.8 Å². The third-order valence-electron chi connectivity index (χ3n) is 11.3. The van der Waals surface area contributed by atoms with E-state index in [0.29, 0.717) is 19.3 Å². The van der Waals surface area contributed by atoms with E-state index in [1.54, 1.807) is 0 Å². The second-order valence-corrected chi connectivity index (χ2v) is 17.5. The first-order chi connectivity index (χ1) is 26.8. The first-order valence-corrected chi connectivity index (χ1v) is 24.3. The van der Waals surface area contributed by atoms with Crippen molar-refractivity contribution in [1.82, 2.24) is 0 Å². The number of carbonyl (C=O) groups excluding carboxylic acids is 3. The molecule has 0 aromatic rings. The first-order valence-electron chi connectivity index (χ1n) is 24.3. The fraction of sp³-hybridized carbons (Fsp3) is 0.939. The summed E-state index contributed by atoms with van der Waals surface area (Å²) >= 11 is 0. The van der Waals surface area contributed by atoms with Crippen molar-refractivity contribution in [3.05, 3.63) is 0 Å². The van der Waals surface area contributed by atoms with Crippen molar-refractivity contribution in [2.24, 2.45) is 11.8 Å². The van der Waals surface area contributed by atoms with Crippen molar-refractivity contribution in [2.45, 2.75) is 272 Å². The normalized spacial score (nSPS) is 12.5. The molecule has 6 nitrogen and oxygen atoms in total. The number of hydrogen-bond acceptors (Lipinski definition) is 6. The van der Waals surface area contributed by atoms with Gasteiger partial charge in [0.1, 0.15) is 13.2 Å². The first kappa shape index (κ1) is 53.4. The van der Waals surface area contributed by atoms with Gasteiger partial charge in [0.2, 0.25) is 0 Å². The van der Waals surface area contributed by atoms with E-state index in [-0.39, 0.29) is 31.1 Å². The highest BCUT2D eigenvalue weighted by Gasteiger charge is 2.19. The van der Waals surface area contributed by atoms with E-state index in [0.717, 1.165) is 69.6 Å². The standard InChI is InChI=1S/C49H94O6/c1-6-8-9-10-11-12-13-14-15-16-17-18-19-23-29-34-39-47(50)53-42-46(55-49(52)41-36-31-26-25-28-33-38-45(5)7-2)43-54-48(51)40-35-30-24-21-20-22-27-32-37-44(3)4/h44-46H,6-43H2,1-5H3/t45?,46-/m0/s1. The Labute approximate surface area is 342 Å². The lowest BCUT2D eigenvalue weighted by Crippen LogP contribution is -2.30. The highest BCUT2D eigenvalue weighted by Crippen LogP contribution is 2.17. The van der Waals surface area contributed by atoms with Gasteiger partial charge in [-0.2, -0.15) is 0 Å². The summed E-state index contributed by atoms with van der Waals surface area (Å²) in [5.41, 5.74) is 0. The maximum absolute atomic E-state index is 12.7. The number of esters is 3. The van der Waals surface area contributed by atoms with Crippen LogP contribution < -0.4 is 0 Å². The van der Waals surface area contributed by atoms with Crippen molar-refractivity contribution in [1.29, 1.82) is 0 Å². The van der Waals surface area contributed by atoms with Gasteiger partial charge in [0, 0.05) is 19.3 Å². The molecule has 0 aromatic carbocycles. The Kier molecular flexibility index (Phi) is 40.8. The molecule has 0 radical (unpaired) electrons. The van der Waals surface area contributed by atoms with E-state index in [9.17, 15) is 14.4 Å². The average molecular weight is 779 g/mol. The van der Waals surface area contributed by atoms with E-state index in [1.165, 1.54) is 154 Å². The minimum absolute atomic E-state index is 0.0654. The van der Waals surface area contributed by atoms with E-state index in [4.69, 9.17) is 14.2 Å². The van der Waals surface area contributed by atoms with Crippen molar-refractivity contribution >= 4 is 17.9 Å². The van der Waals surface area contributed by atoms with Gasteiger partial charge in [-0.15, -0.1) is 0 Å². The molecule has 0 rings (SSSR count). The fourth-order valence-corrected chi connectivity index (χ4v) is 7.25. The van der Waals surface area contributed by atoms with Gasteiger partial charge >= 0.3 is 17.9 Å². The van der Waals surface area contributed by atoms with Crippen LogP contribution in [0.5, 0.6) is 0 Å². The van der Waals surface area contributed by atoms with Crippen molar-refractivity contribution in [2.75, 3.05) is 13.2 Å². The summed E-state index contributed by atoms with van der Waals surface area (Å²) in [5.74, 6) is 0.748. The predicted octanol–water partition coefficient (Wildman–Crippen LogP) is 15.4. The number of carbonyl (C=O) groups is 3. The zero-order valence-corrected chi connectivity index (χ0v) is 37.6. The highest BCUT2D eigenvalue weighted by atomic mass is 16.6. The second kappa shape index (κ2) is 42.0. The Bertz CT molecular complexity index is 841. The molecular formula is C49H94O6. The third kappa shape index (κ3) is 41.9. The number of rotatable bonds is 43. The molecule has 0 aliphatic heterocycles. The quantitative estimate of drug-likeness (QED) is 0.0348. The summed E-state index contributed by atoms with van der Waals surface area (Å²) in [5, 5.41) is 0. The SMILES string of the molecule is CCCCCCCCCCCCCCCCCCC(=O)OC[C@@H](COC(=O)CCCCCCCCCCC(C)C)OC(=O)CCCCCCCCC(C)CC. The highest BCUT2D eigenvalue weighted by molar-refractivity contribution is 5.71. The van der Waals surface area contributed by atoms with Gasteiger partial charge in [-0.25, -0.2) is 0 Å². The molecule has 2 atom stereocenters. The van der Waals surface area contributed by atoms with Gasteiger partial charge in [0.05, 0.1) is 0 Å². The van der Waals surface area contributed by atoms with Crippen LogP contribution in [0.1, 0.15) is 266 Å². The molecule has 0 saturated carbocycles. The van der Waals surface area contributed by atoms with Gasteiger partial charge < -0.3 is 14.2 Å². The number of ether oxygens (including phenoxy) is 3. The van der Waals surface area contributed by atoms with Gasteiger partial charge in [-0.1, -0.05) is 227 Å². The molecular weight excluding hydrogens is 685 g/mol. The maximum Gasteiger partial charge on any atom is 0.306 e. The summed E-state index contributed by atoms with van der Waals surface area (Å²) in [7, 11) is 0. The molecule has 0 spiro atoms. The van der Waals surface area contributed by atoms with Crippen LogP contribution in [0.25, 0.3) is 0 Å². The van der Waals surface area contributed by atoms with Crippen LogP contribution >= 0.6 is 0 Å². The van der Waals surface area contributed by atoms with Crippen molar-refractivity contribution in [3.63, 3.8) is 0 Å². The number of unbranched alkanes of at least 4 members (excludes halogenated alkanes) is 27. The lowest BCUT2D eigenvalue weighted by molar-refractivity contribution is -0.167. The average Bonchev–Trinajstić information content (AvgIpc) is 3.17. The minimum atomic E-state index is -0.762. The van der Waals surface area contributed by atoms with Crippen LogP contribution in [-0.4, -0.2) is 37.2 Å². The zero-order valence-electron chi connectivity index (χ0n) is 37.6. The molecule has 6 heteroatoms. The maximum atomic E-state index is 12.7. The molecule has 0 bridgehead atoms. The summed E-state index contributed by atoms with van der Waals surface area (Å²) in [6.45, 7) is 11.3. The molecule has 0 amide bonds. The summed E-state index contributed by atoms with van der Waals surface area (Å²) in [4.78, 5) is 37.8. The molecule has 326 valence electrons. The Morgan fingerprint density at radius 1 is 0.382 bits per heavy atom. The molecule has 0 N–H and O–H groups in total. The van der Waals surface area contributed by atoms with E-state index >= 15 is 0 Å². The molecule has 0 saturated heterocycles. The molecule has 55 heavy (non-hydrogen) atoms. The van der Waals surface area contributed by atoms with Crippen LogP contribution in [-0.2, 0) is 28.6 Å². The summed E-state index contributed by atoms with van der Waals surface area (Å²) < 4.78 is 16.7. The molecule has 0 heterocycles. The van der Waals surface area contributed by atoms with Crippen LogP contribution in [0.4, 0.5) is 0 Å². The molecule has 1 unspecified atom stereocenters. The minimum Gasteiger partial charge on any atom is -0.462 e. The lowest BCUT2D eigenvalue weighted by atomic mass is 10.00. The van der Waals surface area contributed by atoms with E-state index in [2.05, 4.69) is 34.6 Å².